The van der Waals surface area contributed by atoms with Gasteiger partial charge in [-0.1, -0.05) is 23.7 Å². The summed E-state index contributed by atoms with van der Waals surface area (Å²) >= 11 is 7.35. The molecule has 1 N–H and O–H groups in total. The number of carbonyl (C=O) groups is 2. The number of halogens is 1. The summed E-state index contributed by atoms with van der Waals surface area (Å²) in [5.74, 6) is -0.370. The van der Waals surface area contributed by atoms with Gasteiger partial charge in [-0.3, -0.25) is 4.79 Å². The number of nitriles is 1. The first kappa shape index (κ1) is 17.3. The Hall–Kier alpha value is -2.56. The number of anilines is 1. The fourth-order valence-corrected chi connectivity index (χ4v) is 4.14. The lowest BCUT2D eigenvalue weighted by Crippen LogP contribution is -2.35. The average molecular weight is 376 g/mol. The predicted molar refractivity (Wildman–Crippen MR) is 95.0 cm³/mol. The Morgan fingerprint density at radius 1 is 1.40 bits per heavy atom. The van der Waals surface area contributed by atoms with Crippen molar-refractivity contribution in [3.05, 3.63) is 50.9 Å². The van der Waals surface area contributed by atoms with E-state index in [-0.39, 0.29) is 5.91 Å². The fraction of sp³-hybridized carbons (Fsp3) is 0.235. The second kappa shape index (κ2) is 7.13. The number of nitrogens with one attached hydrogen (secondary N) is 1. The van der Waals surface area contributed by atoms with Crippen molar-refractivity contribution in [3.63, 3.8) is 0 Å². The summed E-state index contributed by atoms with van der Waals surface area (Å²) in [6.07, 6.45) is 0.144. The van der Waals surface area contributed by atoms with Crippen LogP contribution in [0.5, 0.6) is 0 Å². The van der Waals surface area contributed by atoms with Crippen LogP contribution in [0.15, 0.2) is 24.3 Å². The molecule has 0 radical (unpaired) electrons. The molecule has 2 heterocycles. The van der Waals surface area contributed by atoms with Gasteiger partial charge in [-0.2, -0.15) is 5.26 Å². The summed E-state index contributed by atoms with van der Waals surface area (Å²) in [5, 5.41) is 13.1. The van der Waals surface area contributed by atoms with E-state index in [0.29, 0.717) is 40.7 Å². The minimum absolute atomic E-state index is 0.343. The van der Waals surface area contributed by atoms with E-state index in [2.05, 4.69) is 11.4 Å². The smallest absolute Gasteiger partial charge is 0.409 e. The van der Waals surface area contributed by atoms with Gasteiger partial charge in [0.2, 0.25) is 0 Å². The highest BCUT2D eigenvalue weighted by Gasteiger charge is 2.28. The van der Waals surface area contributed by atoms with Gasteiger partial charge in [0.15, 0.2) is 0 Å². The van der Waals surface area contributed by atoms with Crippen molar-refractivity contribution in [2.75, 3.05) is 19.0 Å². The second-order valence-electron chi connectivity index (χ2n) is 5.40. The molecule has 1 aromatic heterocycles. The molecule has 25 heavy (non-hydrogen) atoms. The summed E-state index contributed by atoms with van der Waals surface area (Å²) < 4.78 is 4.75. The van der Waals surface area contributed by atoms with Crippen LogP contribution in [0.4, 0.5) is 9.80 Å². The molecular formula is C17H14ClN3O3S. The highest BCUT2D eigenvalue weighted by atomic mass is 35.5. The highest BCUT2D eigenvalue weighted by Crippen LogP contribution is 2.37. The van der Waals surface area contributed by atoms with Crippen molar-refractivity contribution < 1.29 is 14.3 Å². The van der Waals surface area contributed by atoms with Crippen molar-refractivity contribution in [1.29, 1.82) is 5.26 Å². The fourth-order valence-electron chi connectivity index (χ4n) is 2.71. The van der Waals surface area contributed by atoms with Crippen LogP contribution < -0.4 is 5.32 Å². The summed E-state index contributed by atoms with van der Waals surface area (Å²) in [4.78, 5) is 26.6. The maximum absolute atomic E-state index is 12.5. The van der Waals surface area contributed by atoms with Crippen molar-refractivity contribution >= 4 is 39.9 Å². The molecule has 0 saturated carbocycles. The van der Waals surface area contributed by atoms with Crippen LogP contribution in [0.2, 0.25) is 5.02 Å². The number of methoxy groups -OCH3 is 1. The van der Waals surface area contributed by atoms with E-state index in [0.717, 1.165) is 10.4 Å². The maximum Gasteiger partial charge on any atom is 0.409 e. The number of rotatable bonds is 2. The van der Waals surface area contributed by atoms with E-state index >= 15 is 0 Å². The van der Waals surface area contributed by atoms with Gasteiger partial charge in [0, 0.05) is 11.4 Å². The normalized spacial score (nSPS) is 12.9. The SMILES string of the molecule is COC(=O)N1CCc2c(sc(NC(=O)c3ccccc3Cl)c2C#N)C1. The molecule has 0 atom stereocenters. The molecule has 1 aromatic carbocycles. The van der Waals surface area contributed by atoms with Crippen LogP contribution in [-0.2, 0) is 17.7 Å². The molecule has 2 aromatic rings. The Kier molecular flexibility index (Phi) is 4.93. The first-order valence-electron chi connectivity index (χ1n) is 7.48. The summed E-state index contributed by atoms with van der Waals surface area (Å²) in [6, 6.07) is 8.88. The molecule has 0 bridgehead atoms. The van der Waals surface area contributed by atoms with Crippen molar-refractivity contribution in [3.8, 4) is 6.07 Å². The van der Waals surface area contributed by atoms with Crippen LogP contribution in [-0.4, -0.2) is 30.6 Å². The molecule has 1 aliphatic heterocycles. The lowest BCUT2D eigenvalue weighted by Gasteiger charge is -2.25. The van der Waals surface area contributed by atoms with Gasteiger partial charge in [0.05, 0.1) is 29.8 Å². The number of ether oxygens (including phenoxy) is 1. The van der Waals surface area contributed by atoms with Crippen molar-refractivity contribution in [2.45, 2.75) is 13.0 Å². The standard InChI is InChI=1S/C17H14ClN3O3S/c1-24-17(23)21-7-6-10-12(8-19)16(25-14(10)9-21)20-15(22)11-4-2-3-5-13(11)18/h2-5H,6-7,9H2,1H3,(H,20,22). The third-order valence-corrected chi connectivity index (χ3v) is 5.41. The number of thiophene rings is 1. The Morgan fingerprint density at radius 2 is 2.16 bits per heavy atom. The third-order valence-electron chi connectivity index (χ3n) is 3.95. The highest BCUT2D eigenvalue weighted by molar-refractivity contribution is 7.16. The molecule has 8 heteroatoms. The van der Waals surface area contributed by atoms with Gasteiger partial charge >= 0.3 is 6.09 Å². The quantitative estimate of drug-likeness (QED) is 0.868. The van der Waals surface area contributed by atoms with E-state index in [1.807, 2.05) is 0 Å². The zero-order chi connectivity index (χ0) is 18.0. The average Bonchev–Trinajstić information content (AvgIpc) is 2.97. The second-order valence-corrected chi connectivity index (χ2v) is 6.91. The molecule has 128 valence electrons. The first-order chi connectivity index (χ1) is 12.0. The Morgan fingerprint density at radius 3 is 2.84 bits per heavy atom. The molecule has 1 aliphatic rings. The summed E-state index contributed by atoms with van der Waals surface area (Å²) in [5.41, 5.74) is 1.67. The monoisotopic (exact) mass is 375 g/mol. The number of hydrogen-bond donors (Lipinski definition) is 1. The Balaban J connectivity index is 1.88. The van der Waals surface area contributed by atoms with Crippen LogP contribution in [0.3, 0.4) is 0 Å². The predicted octanol–water partition coefficient (Wildman–Crippen LogP) is 3.65. The zero-order valence-electron chi connectivity index (χ0n) is 13.3. The zero-order valence-corrected chi connectivity index (χ0v) is 14.9. The minimum atomic E-state index is -0.404. The van der Waals surface area contributed by atoms with Gasteiger partial charge in [0.25, 0.3) is 5.91 Å². The molecule has 0 aliphatic carbocycles. The molecule has 3 rings (SSSR count). The number of amides is 2. The summed E-state index contributed by atoms with van der Waals surface area (Å²) in [6.45, 7) is 0.840. The molecule has 0 fully saturated rings. The van der Waals surface area contributed by atoms with Gasteiger partial charge in [-0.05, 0) is 24.1 Å². The molecular weight excluding hydrogens is 362 g/mol. The molecule has 6 nitrogen and oxygen atoms in total. The van der Waals surface area contributed by atoms with Crippen molar-refractivity contribution in [1.82, 2.24) is 4.90 Å². The number of nitrogens with zero attached hydrogens (tertiary/aromatic N) is 2. The minimum Gasteiger partial charge on any atom is -0.453 e. The van der Waals surface area contributed by atoms with Crippen LogP contribution in [0.25, 0.3) is 0 Å². The Labute approximate surface area is 153 Å². The van der Waals surface area contributed by atoms with Gasteiger partial charge < -0.3 is 15.0 Å². The number of carbonyl (C=O) groups excluding carboxylic acids is 2. The maximum atomic E-state index is 12.5. The largest absolute Gasteiger partial charge is 0.453 e. The van der Waals surface area contributed by atoms with E-state index in [9.17, 15) is 14.9 Å². The number of benzene rings is 1. The number of hydrogen-bond acceptors (Lipinski definition) is 5. The number of fused-ring (bicyclic) bond motifs is 1. The molecule has 0 unspecified atom stereocenters. The topological polar surface area (TPSA) is 82.4 Å². The third kappa shape index (κ3) is 3.31. The molecule has 0 saturated heterocycles. The van der Waals surface area contributed by atoms with Crippen LogP contribution in [0.1, 0.15) is 26.4 Å². The van der Waals surface area contributed by atoms with Gasteiger partial charge in [-0.15, -0.1) is 11.3 Å². The van der Waals surface area contributed by atoms with E-state index in [1.165, 1.54) is 18.4 Å². The molecule has 2 amide bonds. The van der Waals surface area contributed by atoms with E-state index in [4.69, 9.17) is 16.3 Å². The van der Waals surface area contributed by atoms with Gasteiger partial charge in [-0.25, -0.2) is 4.79 Å². The van der Waals surface area contributed by atoms with E-state index < -0.39 is 6.09 Å². The van der Waals surface area contributed by atoms with Gasteiger partial charge in [0.1, 0.15) is 11.1 Å². The Bertz CT molecular complexity index is 888. The van der Waals surface area contributed by atoms with Crippen molar-refractivity contribution in [2.24, 2.45) is 0 Å². The lowest BCUT2D eigenvalue weighted by molar-refractivity contribution is 0.102. The molecule has 0 spiro atoms. The lowest BCUT2D eigenvalue weighted by atomic mass is 10.0. The van der Waals surface area contributed by atoms with Crippen LogP contribution >= 0.6 is 22.9 Å². The van der Waals surface area contributed by atoms with Crippen LogP contribution in [0, 0.1) is 11.3 Å². The summed E-state index contributed by atoms with van der Waals surface area (Å²) in [7, 11) is 1.34. The van der Waals surface area contributed by atoms with E-state index in [1.54, 1.807) is 29.2 Å². The first-order valence-corrected chi connectivity index (χ1v) is 8.68.